The highest BCUT2D eigenvalue weighted by Gasteiger charge is 2.10. The Morgan fingerprint density at radius 2 is 2.15 bits per heavy atom. The topological polar surface area (TPSA) is 129 Å². The van der Waals surface area contributed by atoms with Gasteiger partial charge < -0.3 is 11.1 Å². The fourth-order valence-corrected chi connectivity index (χ4v) is 2.22. The molecule has 8 nitrogen and oxygen atoms in total. The van der Waals surface area contributed by atoms with E-state index >= 15 is 0 Å². The number of nitrogens with one attached hydrogen (secondary N) is 1. The van der Waals surface area contributed by atoms with Gasteiger partial charge in [-0.15, -0.1) is 5.10 Å². The largest absolute Gasteiger partial charge is 0.397 e. The summed E-state index contributed by atoms with van der Waals surface area (Å²) in [5.74, 6) is 0. The summed E-state index contributed by atoms with van der Waals surface area (Å²) < 4.78 is 24.3. The monoisotopic (exact) mass is 296 g/mol. The van der Waals surface area contributed by atoms with Crippen molar-refractivity contribution < 1.29 is 8.42 Å². The first kappa shape index (κ1) is 14.3. The maximum absolute atomic E-state index is 11.3. The van der Waals surface area contributed by atoms with Gasteiger partial charge in [0.1, 0.15) is 0 Å². The molecule has 0 saturated carbocycles. The van der Waals surface area contributed by atoms with Crippen LogP contribution >= 0.6 is 0 Å². The molecule has 2 rings (SSSR count). The van der Waals surface area contributed by atoms with Crippen molar-refractivity contribution in [2.45, 2.75) is 17.9 Å². The van der Waals surface area contributed by atoms with Crippen molar-refractivity contribution in [1.29, 1.82) is 0 Å². The number of hydrogen-bond acceptors (Lipinski definition) is 6. The molecule has 20 heavy (non-hydrogen) atoms. The molecule has 5 N–H and O–H groups in total. The molecule has 2 aromatic rings. The van der Waals surface area contributed by atoms with Crippen LogP contribution in [0.5, 0.6) is 0 Å². The number of aromatic nitrogens is 3. The van der Waals surface area contributed by atoms with Gasteiger partial charge in [0.05, 0.1) is 22.5 Å². The number of primary sulfonamides is 1. The Bertz CT molecular complexity index is 668. The molecule has 0 radical (unpaired) electrons. The number of anilines is 2. The van der Waals surface area contributed by atoms with Gasteiger partial charge in [0.2, 0.25) is 10.0 Å². The van der Waals surface area contributed by atoms with E-state index in [4.69, 9.17) is 10.9 Å². The Morgan fingerprint density at radius 1 is 1.35 bits per heavy atom. The molecular weight excluding hydrogens is 280 g/mol. The molecule has 0 spiro atoms. The lowest BCUT2D eigenvalue weighted by molar-refractivity contribution is 0.570. The Kier molecular flexibility index (Phi) is 4.20. The minimum atomic E-state index is -3.73. The van der Waals surface area contributed by atoms with Gasteiger partial charge in [0.25, 0.3) is 0 Å². The molecule has 0 bridgehead atoms. The van der Waals surface area contributed by atoms with E-state index in [0.717, 1.165) is 6.42 Å². The number of nitrogens with two attached hydrogens (primary N) is 2. The highest BCUT2D eigenvalue weighted by atomic mass is 32.2. The Labute approximate surface area is 116 Å². The summed E-state index contributed by atoms with van der Waals surface area (Å²) in [5.41, 5.74) is 6.81. The van der Waals surface area contributed by atoms with E-state index in [1.807, 2.05) is 0 Å². The van der Waals surface area contributed by atoms with Gasteiger partial charge in [-0.25, -0.2) is 13.6 Å². The van der Waals surface area contributed by atoms with Gasteiger partial charge in [-0.2, -0.15) is 0 Å². The zero-order valence-corrected chi connectivity index (χ0v) is 11.5. The molecule has 108 valence electrons. The molecule has 1 heterocycles. The van der Waals surface area contributed by atoms with Crippen molar-refractivity contribution in [3.63, 3.8) is 0 Å². The second-order valence-corrected chi connectivity index (χ2v) is 5.80. The van der Waals surface area contributed by atoms with Crippen LogP contribution in [0.4, 0.5) is 11.4 Å². The molecule has 0 saturated heterocycles. The second-order valence-electron chi connectivity index (χ2n) is 4.24. The third-order valence-corrected chi connectivity index (χ3v) is 3.62. The molecule has 0 aliphatic carbocycles. The Hall–Kier alpha value is -2.13. The molecule has 0 amide bonds. The SMILES string of the molecule is Nc1ccc(S(N)(=O)=O)cc1NCCCn1ccnn1. The molecule has 9 heteroatoms. The number of nitrogens with zero attached hydrogens (tertiary/aromatic N) is 3. The summed E-state index contributed by atoms with van der Waals surface area (Å²) in [7, 11) is -3.73. The van der Waals surface area contributed by atoms with E-state index in [2.05, 4.69) is 15.6 Å². The van der Waals surface area contributed by atoms with E-state index in [-0.39, 0.29) is 4.90 Å². The number of nitrogen functional groups attached to an aromatic ring is 1. The summed E-state index contributed by atoms with van der Waals surface area (Å²) in [6.07, 6.45) is 4.18. The van der Waals surface area contributed by atoms with Gasteiger partial charge in [0.15, 0.2) is 0 Å². The number of hydrogen-bond donors (Lipinski definition) is 3. The minimum Gasteiger partial charge on any atom is -0.397 e. The molecular formula is C11H16N6O2S. The lowest BCUT2D eigenvalue weighted by Crippen LogP contribution is -2.14. The lowest BCUT2D eigenvalue weighted by atomic mass is 10.2. The first-order chi connectivity index (χ1) is 9.47. The molecule has 0 aliphatic heterocycles. The highest BCUT2D eigenvalue weighted by Crippen LogP contribution is 2.22. The van der Waals surface area contributed by atoms with Crippen LogP contribution in [0.15, 0.2) is 35.5 Å². The summed E-state index contributed by atoms with van der Waals surface area (Å²) >= 11 is 0. The van der Waals surface area contributed by atoms with Gasteiger partial charge in [-0.3, -0.25) is 4.68 Å². The van der Waals surface area contributed by atoms with Crippen molar-refractivity contribution in [2.24, 2.45) is 5.14 Å². The van der Waals surface area contributed by atoms with Crippen LogP contribution in [-0.2, 0) is 16.6 Å². The number of rotatable bonds is 6. The maximum atomic E-state index is 11.3. The fourth-order valence-electron chi connectivity index (χ4n) is 1.68. The fraction of sp³-hybridized carbons (Fsp3) is 0.273. The smallest absolute Gasteiger partial charge is 0.238 e. The normalized spacial score (nSPS) is 11.4. The van der Waals surface area contributed by atoms with Gasteiger partial charge in [0, 0.05) is 19.3 Å². The summed E-state index contributed by atoms with van der Waals surface area (Å²) in [6, 6.07) is 4.32. The molecule has 0 unspecified atom stereocenters. The van der Waals surface area contributed by atoms with Crippen LogP contribution in [0.2, 0.25) is 0 Å². The van der Waals surface area contributed by atoms with Crippen molar-refractivity contribution in [2.75, 3.05) is 17.6 Å². The zero-order chi connectivity index (χ0) is 14.6. The van der Waals surface area contributed by atoms with E-state index in [9.17, 15) is 8.42 Å². The molecule has 0 atom stereocenters. The first-order valence-electron chi connectivity index (χ1n) is 5.97. The van der Waals surface area contributed by atoms with Gasteiger partial charge in [-0.05, 0) is 24.6 Å². The van der Waals surface area contributed by atoms with Crippen LogP contribution in [0.25, 0.3) is 0 Å². The Balaban J connectivity index is 1.95. The summed E-state index contributed by atoms with van der Waals surface area (Å²) in [4.78, 5) is 0.0328. The van der Waals surface area contributed by atoms with Crippen LogP contribution in [0.3, 0.4) is 0 Å². The van der Waals surface area contributed by atoms with E-state index in [1.54, 1.807) is 17.1 Å². The molecule has 0 aliphatic rings. The maximum Gasteiger partial charge on any atom is 0.238 e. The predicted molar refractivity (Wildman–Crippen MR) is 75.4 cm³/mol. The van der Waals surface area contributed by atoms with Crippen molar-refractivity contribution in [1.82, 2.24) is 15.0 Å². The van der Waals surface area contributed by atoms with Crippen LogP contribution in [0, 0.1) is 0 Å². The van der Waals surface area contributed by atoms with E-state index < -0.39 is 10.0 Å². The molecule has 1 aromatic carbocycles. The van der Waals surface area contributed by atoms with Crippen LogP contribution < -0.4 is 16.2 Å². The highest BCUT2D eigenvalue weighted by molar-refractivity contribution is 7.89. The molecule has 1 aromatic heterocycles. The summed E-state index contributed by atoms with van der Waals surface area (Å²) in [5, 5.41) is 15.7. The van der Waals surface area contributed by atoms with Crippen LogP contribution in [0.1, 0.15) is 6.42 Å². The second kappa shape index (κ2) is 5.88. The van der Waals surface area contributed by atoms with E-state index in [1.165, 1.54) is 18.2 Å². The Morgan fingerprint density at radius 3 is 2.80 bits per heavy atom. The zero-order valence-electron chi connectivity index (χ0n) is 10.7. The lowest BCUT2D eigenvalue weighted by Gasteiger charge is -2.10. The third-order valence-electron chi connectivity index (χ3n) is 2.70. The number of sulfonamides is 1. The van der Waals surface area contributed by atoms with Crippen LogP contribution in [-0.4, -0.2) is 30.0 Å². The number of aryl methyl sites for hydroxylation is 1. The average Bonchev–Trinajstić information content (AvgIpc) is 2.88. The van der Waals surface area contributed by atoms with Crippen molar-refractivity contribution >= 4 is 21.4 Å². The third kappa shape index (κ3) is 3.68. The quantitative estimate of drug-likeness (QED) is 0.508. The number of benzene rings is 1. The summed E-state index contributed by atoms with van der Waals surface area (Å²) in [6.45, 7) is 1.33. The predicted octanol–water partition coefficient (Wildman–Crippen LogP) is 0.00990. The standard InChI is InChI=1S/C11H16N6O2S/c12-10-3-2-9(20(13,18)19)8-11(10)14-4-1-6-17-7-5-15-16-17/h2-3,5,7-8,14H,1,4,6,12H2,(H2,13,18,19). The first-order valence-corrected chi connectivity index (χ1v) is 7.52. The van der Waals surface area contributed by atoms with Gasteiger partial charge >= 0.3 is 0 Å². The molecule has 0 fully saturated rings. The van der Waals surface area contributed by atoms with Crippen molar-refractivity contribution in [3.05, 3.63) is 30.6 Å². The van der Waals surface area contributed by atoms with E-state index in [0.29, 0.717) is 24.5 Å². The average molecular weight is 296 g/mol. The van der Waals surface area contributed by atoms with Gasteiger partial charge in [-0.1, -0.05) is 5.21 Å². The van der Waals surface area contributed by atoms with Crippen molar-refractivity contribution in [3.8, 4) is 0 Å². The minimum absolute atomic E-state index is 0.0328.